The minimum absolute atomic E-state index is 0.181. The number of hydrogen-bond acceptors (Lipinski definition) is 4. The van der Waals surface area contributed by atoms with Gasteiger partial charge in [0, 0.05) is 34.5 Å². The van der Waals surface area contributed by atoms with Crippen LogP contribution in [0.25, 0.3) is 0 Å². The highest BCUT2D eigenvalue weighted by Crippen LogP contribution is 2.20. The van der Waals surface area contributed by atoms with E-state index in [4.69, 9.17) is 10.5 Å². The molecule has 0 aliphatic carbocycles. The smallest absolute Gasteiger partial charge is 0.251 e. The molecule has 0 atom stereocenters. The summed E-state index contributed by atoms with van der Waals surface area (Å²) in [7, 11) is 1.55. The first-order valence-electron chi connectivity index (χ1n) is 5.92. The minimum Gasteiger partial charge on any atom is -0.481 e. The Morgan fingerprint density at radius 1 is 1.40 bits per heavy atom. The van der Waals surface area contributed by atoms with E-state index in [0.717, 1.165) is 10.0 Å². The van der Waals surface area contributed by atoms with Gasteiger partial charge in [0.25, 0.3) is 5.91 Å². The van der Waals surface area contributed by atoms with Gasteiger partial charge in [-0.1, -0.05) is 0 Å². The van der Waals surface area contributed by atoms with Crippen LogP contribution in [0.5, 0.6) is 5.88 Å². The van der Waals surface area contributed by atoms with E-state index in [-0.39, 0.29) is 5.91 Å². The lowest BCUT2D eigenvalue weighted by Gasteiger charge is -2.07. The van der Waals surface area contributed by atoms with Crippen LogP contribution >= 0.6 is 15.9 Å². The van der Waals surface area contributed by atoms with E-state index < -0.39 is 0 Å². The standard InChI is InChI=1S/C14H14BrN3O2/c1-20-13-6-9(4-5-17-13)8-18-14(19)10-2-3-11(15)12(16)7-10/h2-7H,8,16H2,1H3,(H,18,19). The van der Waals surface area contributed by atoms with Crippen LogP contribution in [0.3, 0.4) is 0 Å². The van der Waals surface area contributed by atoms with Gasteiger partial charge in [-0.2, -0.15) is 0 Å². The van der Waals surface area contributed by atoms with Gasteiger partial charge in [0.1, 0.15) is 0 Å². The molecule has 1 aromatic carbocycles. The van der Waals surface area contributed by atoms with Gasteiger partial charge < -0.3 is 15.8 Å². The van der Waals surface area contributed by atoms with E-state index in [1.165, 1.54) is 0 Å². The molecule has 0 radical (unpaired) electrons. The fourth-order valence-electron chi connectivity index (χ4n) is 1.64. The summed E-state index contributed by atoms with van der Waals surface area (Å²) < 4.78 is 5.80. The first kappa shape index (κ1) is 14.3. The number of hydrogen-bond donors (Lipinski definition) is 2. The molecule has 5 nitrogen and oxygen atoms in total. The number of carbonyl (C=O) groups excluding carboxylic acids is 1. The molecule has 1 amide bonds. The summed E-state index contributed by atoms with van der Waals surface area (Å²) in [5, 5.41) is 2.82. The Labute approximate surface area is 125 Å². The number of anilines is 1. The third-order valence-corrected chi connectivity index (χ3v) is 3.44. The van der Waals surface area contributed by atoms with Gasteiger partial charge in [-0.15, -0.1) is 0 Å². The van der Waals surface area contributed by atoms with E-state index in [0.29, 0.717) is 23.7 Å². The predicted molar refractivity (Wildman–Crippen MR) is 80.5 cm³/mol. The molecule has 0 fully saturated rings. The summed E-state index contributed by atoms with van der Waals surface area (Å²) in [4.78, 5) is 16.0. The number of aromatic nitrogens is 1. The molecule has 104 valence electrons. The van der Waals surface area contributed by atoms with Gasteiger partial charge in [-0.05, 0) is 45.8 Å². The number of nitrogens with zero attached hydrogens (tertiary/aromatic N) is 1. The summed E-state index contributed by atoms with van der Waals surface area (Å²) in [5.74, 6) is 0.338. The number of pyridine rings is 1. The topological polar surface area (TPSA) is 77.2 Å². The number of rotatable bonds is 4. The number of nitrogens with one attached hydrogen (secondary N) is 1. The van der Waals surface area contributed by atoms with Crippen molar-refractivity contribution in [1.82, 2.24) is 10.3 Å². The molecule has 0 aliphatic rings. The number of halogens is 1. The molecule has 0 unspecified atom stereocenters. The number of ether oxygens (including phenoxy) is 1. The minimum atomic E-state index is -0.181. The Bertz CT molecular complexity index is 632. The third-order valence-electron chi connectivity index (χ3n) is 2.72. The zero-order valence-corrected chi connectivity index (χ0v) is 12.5. The van der Waals surface area contributed by atoms with E-state index in [9.17, 15) is 4.79 Å². The summed E-state index contributed by atoms with van der Waals surface area (Å²) in [6.45, 7) is 0.397. The highest BCUT2D eigenvalue weighted by Gasteiger charge is 2.07. The third kappa shape index (κ3) is 3.48. The molecule has 0 bridgehead atoms. The van der Waals surface area contributed by atoms with E-state index >= 15 is 0 Å². The molecule has 1 heterocycles. The van der Waals surface area contributed by atoms with Gasteiger partial charge >= 0.3 is 0 Å². The first-order valence-corrected chi connectivity index (χ1v) is 6.71. The number of carbonyl (C=O) groups is 1. The van der Waals surface area contributed by atoms with Crippen molar-refractivity contribution in [1.29, 1.82) is 0 Å². The predicted octanol–water partition coefficient (Wildman–Crippen LogP) is 2.36. The number of methoxy groups -OCH3 is 1. The van der Waals surface area contributed by atoms with Crippen LogP contribution in [0.2, 0.25) is 0 Å². The van der Waals surface area contributed by atoms with Crippen LogP contribution in [-0.2, 0) is 6.54 Å². The Balaban J connectivity index is 2.02. The molecule has 0 saturated carbocycles. The van der Waals surface area contributed by atoms with Crippen molar-refractivity contribution >= 4 is 27.5 Å². The Kier molecular flexibility index (Phi) is 4.57. The van der Waals surface area contributed by atoms with Gasteiger partial charge in [-0.3, -0.25) is 4.79 Å². The maximum Gasteiger partial charge on any atom is 0.251 e. The maximum atomic E-state index is 12.0. The Hall–Kier alpha value is -2.08. The average Bonchev–Trinajstić information content (AvgIpc) is 2.47. The monoisotopic (exact) mass is 335 g/mol. The van der Waals surface area contributed by atoms with Gasteiger partial charge in [0.15, 0.2) is 0 Å². The highest BCUT2D eigenvalue weighted by atomic mass is 79.9. The molecule has 0 spiro atoms. The summed E-state index contributed by atoms with van der Waals surface area (Å²) in [6.07, 6.45) is 1.64. The Morgan fingerprint density at radius 3 is 2.90 bits per heavy atom. The average molecular weight is 336 g/mol. The second-order valence-electron chi connectivity index (χ2n) is 4.13. The van der Waals surface area contributed by atoms with Crippen LogP contribution in [0.15, 0.2) is 41.0 Å². The number of amides is 1. The van der Waals surface area contributed by atoms with Crippen LogP contribution in [-0.4, -0.2) is 18.0 Å². The van der Waals surface area contributed by atoms with Crippen LogP contribution in [0.1, 0.15) is 15.9 Å². The first-order chi connectivity index (χ1) is 9.60. The normalized spacial score (nSPS) is 10.1. The molecule has 0 aliphatic heterocycles. The molecule has 20 heavy (non-hydrogen) atoms. The molecular formula is C14H14BrN3O2. The number of nitrogens with two attached hydrogens (primary N) is 1. The van der Waals surface area contributed by atoms with E-state index in [2.05, 4.69) is 26.2 Å². The summed E-state index contributed by atoms with van der Waals surface area (Å²) in [5.41, 5.74) is 7.72. The lowest BCUT2D eigenvalue weighted by atomic mass is 10.2. The molecule has 1 aromatic heterocycles. The van der Waals surface area contributed by atoms with Crippen LogP contribution in [0, 0.1) is 0 Å². The van der Waals surface area contributed by atoms with Crippen molar-refractivity contribution in [3.05, 3.63) is 52.1 Å². The fraction of sp³-hybridized carbons (Fsp3) is 0.143. The quantitative estimate of drug-likeness (QED) is 0.841. The molecule has 6 heteroatoms. The molecule has 0 saturated heterocycles. The largest absolute Gasteiger partial charge is 0.481 e. The molecule has 3 N–H and O–H groups in total. The lowest BCUT2D eigenvalue weighted by Crippen LogP contribution is -2.22. The van der Waals surface area contributed by atoms with Gasteiger partial charge in [-0.25, -0.2) is 4.98 Å². The molecule has 2 rings (SSSR count). The molecule has 2 aromatic rings. The van der Waals surface area contributed by atoms with E-state index in [1.807, 2.05) is 6.07 Å². The van der Waals surface area contributed by atoms with Crippen molar-refractivity contribution in [2.45, 2.75) is 6.54 Å². The highest BCUT2D eigenvalue weighted by molar-refractivity contribution is 9.10. The summed E-state index contributed by atoms with van der Waals surface area (Å²) in [6, 6.07) is 8.68. The number of benzene rings is 1. The van der Waals surface area contributed by atoms with E-state index in [1.54, 1.807) is 37.6 Å². The van der Waals surface area contributed by atoms with Crippen LogP contribution < -0.4 is 15.8 Å². The zero-order valence-electron chi connectivity index (χ0n) is 10.9. The van der Waals surface area contributed by atoms with Crippen molar-refractivity contribution in [3.63, 3.8) is 0 Å². The summed E-state index contributed by atoms with van der Waals surface area (Å²) >= 11 is 3.29. The second kappa shape index (κ2) is 6.38. The zero-order chi connectivity index (χ0) is 14.5. The number of nitrogen functional groups attached to an aromatic ring is 1. The molecular weight excluding hydrogens is 322 g/mol. The fourth-order valence-corrected chi connectivity index (χ4v) is 1.89. The van der Waals surface area contributed by atoms with Crippen molar-refractivity contribution < 1.29 is 9.53 Å². The lowest BCUT2D eigenvalue weighted by molar-refractivity contribution is 0.0951. The van der Waals surface area contributed by atoms with Crippen molar-refractivity contribution in [2.24, 2.45) is 0 Å². The van der Waals surface area contributed by atoms with Crippen LogP contribution in [0.4, 0.5) is 5.69 Å². The maximum absolute atomic E-state index is 12.0. The van der Waals surface area contributed by atoms with Crippen molar-refractivity contribution in [3.8, 4) is 5.88 Å². The van der Waals surface area contributed by atoms with Gasteiger partial charge in [0.05, 0.1) is 7.11 Å². The van der Waals surface area contributed by atoms with Crippen molar-refractivity contribution in [2.75, 3.05) is 12.8 Å². The Morgan fingerprint density at radius 2 is 2.20 bits per heavy atom. The SMILES string of the molecule is COc1cc(CNC(=O)c2ccc(Br)c(N)c2)ccn1. The van der Waals surface area contributed by atoms with Gasteiger partial charge in [0.2, 0.25) is 5.88 Å². The second-order valence-corrected chi connectivity index (χ2v) is 4.98.